The molecule has 19 heavy (non-hydrogen) atoms. The summed E-state index contributed by atoms with van der Waals surface area (Å²) >= 11 is 0. The van der Waals surface area contributed by atoms with Crippen LogP contribution in [0.15, 0.2) is 18.2 Å². The molecule has 1 amide bonds. The first-order valence-electron chi connectivity index (χ1n) is 6.02. The molecule has 1 aromatic rings. The number of carbonyl (C=O) groups is 1. The fourth-order valence-electron chi connectivity index (χ4n) is 1.42. The van der Waals surface area contributed by atoms with Gasteiger partial charge in [-0.05, 0) is 24.6 Å². The van der Waals surface area contributed by atoms with Gasteiger partial charge >= 0.3 is 0 Å². The molecule has 0 aliphatic heterocycles. The Morgan fingerprint density at radius 3 is 2.79 bits per heavy atom. The highest BCUT2D eigenvalue weighted by molar-refractivity contribution is 5.97. The number of nitrogens with one attached hydrogen (secondary N) is 1. The molecule has 0 atom stereocenters. The van der Waals surface area contributed by atoms with E-state index in [2.05, 4.69) is 5.32 Å². The van der Waals surface area contributed by atoms with Crippen LogP contribution in [0.5, 0.6) is 11.5 Å². The molecular weight excluding hydrogens is 250 g/mol. The van der Waals surface area contributed by atoms with Crippen LogP contribution in [0.4, 0.5) is 0 Å². The highest BCUT2D eigenvalue weighted by atomic mass is 16.5. The van der Waals surface area contributed by atoms with Crippen LogP contribution in [-0.4, -0.2) is 49.6 Å². The number of rotatable bonds is 8. The fourth-order valence-corrected chi connectivity index (χ4v) is 1.42. The van der Waals surface area contributed by atoms with Gasteiger partial charge in [0.25, 0.3) is 5.91 Å². The third-order valence-electron chi connectivity index (χ3n) is 2.41. The predicted octanol–water partition coefficient (Wildman–Crippen LogP) is 0.881. The Bertz CT molecular complexity index is 408. The molecule has 0 spiro atoms. The van der Waals surface area contributed by atoms with E-state index in [-0.39, 0.29) is 17.1 Å². The number of ether oxygens (including phenoxy) is 2. The number of carbonyl (C=O) groups excluding carboxylic acids is 1. The summed E-state index contributed by atoms with van der Waals surface area (Å²) in [4.78, 5) is 11.7. The average molecular weight is 269 g/mol. The molecule has 0 radical (unpaired) electrons. The van der Waals surface area contributed by atoms with Crippen LogP contribution in [0.2, 0.25) is 0 Å². The zero-order chi connectivity index (χ0) is 14.1. The van der Waals surface area contributed by atoms with Crippen molar-refractivity contribution in [1.29, 1.82) is 0 Å². The number of benzene rings is 1. The van der Waals surface area contributed by atoms with Gasteiger partial charge in [0.05, 0.1) is 18.8 Å². The maximum absolute atomic E-state index is 11.7. The highest BCUT2D eigenvalue weighted by Gasteiger charge is 2.11. The van der Waals surface area contributed by atoms with Crippen LogP contribution < -0.4 is 5.32 Å². The number of hydrogen-bond acceptors (Lipinski definition) is 5. The van der Waals surface area contributed by atoms with Gasteiger partial charge < -0.3 is 25.0 Å². The van der Waals surface area contributed by atoms with Gasteiger partial charge in [0.15, 0.2) is 0 Å². The predicted molar refractivity (Wildman–Crippen MR) is 69.4 cm³/mol. The van der Waals surface area contributed by atoms with E-state index in [1.165, 1.54) is 18.2 Å². The number of aromatic hydroxyl groups is 2. The molecule has 3 N–H and O–H groups in total. The SMILES string of the molecule is COCCOCCCNC(=O)c1cc(O)ccc1O. The van der Waals surface area contributed by atoms with Gasteiger partial charge in [0.1, 0.15) is 11.5 Å². The van der Waals surface area contributed by atoms with Crippen molar-refractivity contribution < 1.29 is 24.5 Å². The van der Waals surface area contributed by atoms with Crippen LogP contribution in [0.25, 0.3) is 0 Å². The molecule has 0 heterocycles. The van der Waals surface area contributed by atoms with E-state index in [9.17, 15) is 15.0 Å². The Labute approximate surface area is 112 Å². The van der Waals surface area contributed by atoms with Gasteiger partial charge in [-0.15, -0.1) is 0 Å². The standard InChI is InChI=1S/C13H19NO5/c1-18-7-8-19-6-2-5-14-13(17)11-9-10(15)3-4-12(11)16/h3-4,9,15-16H,2,5-8H2,1H3,(H,14,17). The van der Waals surface area contributed by atoms with Crippen LogP contribution >= 0.6 is 0 Å². The lowest BCUT2D eigenvalue weighted by Gasteiger charge is -2.07. The third kappa shape index (κ3) is 5.58. The number of phenolic OH excluding ortho intramolecular Hbond substituents is 2. The van der Waals surface area contributed by atoms with E-state index in [4.69, 9.17) is 9.47 Å². The van der Waals surface area contributed by atoms with Gasteiger partial charge in [-0.25, -0.2) is 0 Å². The number of phenols is 2. The minimum atomic E-state index is -0.426. The van der Waals surface area contributed by atoms with Crippen molar-refractivity contribution in [2.45, 2.75) is 6.42 Å². The zero-order valence-electron chi connectivity index (χ0n) is 10.9. The number of amides is 1. The lowest BCUT2D eigenvalue weighted by atomic mass is 10.1. The number of methoxy groups -OCH3 is 1. The maximum atomic E-state index is 11.7. The van der Waals surface area contributed by atoms with Crippen molar-refractivity contribution >= 4 is 5.91 Å². The minimum absolute atomic E-state index is 0.0558. The first kappa shape index (κ1) is 15.3. The Kier molecular flexibility index (Phi) is 6.70. The van der Waals surface area contributed by atoms with Gasteiger partial charge in [-0.2, -0.15) is 0 Å². The zero-order valence-corrected chi connectivity index (χ0v) is 10.9. The van der Waals surface area contributed by atoms with E-state index in [1.54, 1.807) is 7.11 Å². The highest BCUT2D eigenvalue weighted by Crippen LogP contribution is 2.21. The normalized spacial score (nSPS) is 10.4. The van der Waals surface area contributed by atoms with Crippen molar-refractivity contribution in [3.63, 3.8) is 0 Å². The van der Waals surface area contributed by atoms with E-state index in [1.807, 2.05) is 0 Å². The summed E-state index contributed by atoms with van der Waals surface area (Å²) in [5.74, 6) is -0.650. The van der Waals surface area contributed by atoms with Crippen molar-refractivity contribution in [3.05, 3.63) is 23.8 Å². The van der Waals surface area contributed by atoms with Crippen molar-refractivity contribution in [3.8, 4) is 11.5 Å². The smallest absolute Gasteiger partial charge is 0.255 e. The molecule has 0 fully saturated rings. The van der Waals surface area contributed by atoms with Crippen molar-refractivity contribution in [1.82, 2.24) is 5.32 Å². The molecular formula is C13H19NO5. The quantitative estimate of drug-likeness (QED) is 0.481. The molecule has 0 saturated heterocycles. The molecule has 0 aromatic heterocycles. The largest absolute Gasteiger partial charge is 0.508 e. The second kappa shape index (κ2) is 8.34. The molecule has 1 rings (SSSR count). The Morgan fingerprint density at radius 2 is 2.05 bits per heavy atom. The summed E-state index contributed by atoms with van der Waals surface area (Å²) in [7, 11) is 1.60. The van der Waals surface area contributed by atoms with E-state index < -0.39 is 5.91 Å². The third-order valence-corrected chi connectivity index (χ3v) is 2.41. The molecule has 0 aliphatic rings. The summed E-state index contributed by atoms with van der Waals surface area (Å²) in [6, 6.07) is 3.81. The van der Waals surface area contributed by atoms with Crippen LogP contribution in [0.3, 0.4) is 0 Å². The van der Waals surface area contributed by atoms with Crippen LogP contribution in [0, 0.1) is 0 Å². The van der Waals surface area contributed by atoms with E-state index >= 15 is 0 Å². The lowest BCUT2D eigenvalue weighted by Crippen LogP contribution is -2.25. The van der Waals surface area contributed by atoms with Crippen LogP contribution in [0.1, 0.15) is 16.8 Å². The molecule has 1 aromatic carbocycles. The van der Waals surface area contributed by atoms with Crippen molar-refractivity contribution in [2.75, 3.05) is 33.5 Å². The second-order valence-corrected chi connectivity index (χ2v) is 3.92. The van der Waals surface area contributed by atoms with Crippen LogP contribution in [-0.2, 0) is 9.47 Å². The van der Waals surface area contributed by atoms with Crippen molar-refractivity contribution in [2.24, 2.45) is 0 Å². The summed E-state index contributed by atoms with van der Waals surface area (Å²) in [6.07, 6.45) is 0.662. The monoisotopic (exact) mass is 269 g/mol. The first-order chi connectivity index (χ1) is 9.15. The lowest BCUT2D eigenvalue weighted by molar-refractivity contribution is 0.0688. The summed E-state index contributed by atoms with van der Waals surface area (Å²) < 4.78 is 10.1. The summed E-state index contributed by atoms with van der Waals surface area (Å²) in [6.45, 7) is 2.03. The molecule has 0 bridgehead atoms. The second-order valence-electron chi connectivity index (χ2n) is 3.92. The molecule has 0 saturated carbocycles. The Hall–Kier alpha value is -1.79. The Balaban J connectivity index is 2.26. The molecule has 6 heteroatoms. The summed E-state index contributed by atoms with van der Waals surface area (Å²) in [5, 5.41) is 21.4. The molecule has 0 unspecified atom stereocenters. The summed E-state index contributed by atoms with van der Waals surface area (Å²) in [5.41, 5.74) is 0.0558. The van der Waals surface area contributed by atoms with Gasteiger partial charge in [0, 0.05) is 20.3 Å². The fraction of sp³-hybridized carbons (Fsp3) is 0.462. The maximum Gasteiger partial charge on any atom is 0.255 e. The van der Waals surface area contributed by atoms with Gasteiger partial charge in [0.2, 0.25) is 0 Å². The average Bonchev–Trinajstić information content (AvgIpc) is 2.40. The van der Waals surface area contributed by atoms with Gasteiger partial charge in [-0.3, -0.25) is 4.79 Å². The topological polar surface area (TPSA) is 88.0 Å². The molecule has 106 valence electrons. The Morgan fingerprint density at radius 1 is 1.26 bits per heavy atom. The van der Waals surface area contributed by atoms with E-state index in [0.29, 0.717) is 32.8 Å². The minimum Gasteiger partial charge on any atom is -0.508 e. The van der Waals surface area contributed by atoms with Gasteiger partial charge in [-0.1, -0.05) is 0 Å². The number of hydrogen-bond donors (Lipinski definition) is 3. The van der Waals surface area contributed by atoms with E-state index in [0.717, 1.165) is 0 Å². The first-order valence-corrected chi connectivity index (χ1v) is 6.02. The molecule has 6 nitrogen and oxygen atoms in total. The molecule has 0 aliphatic carbocycles.